The van der Waals surface area contributed by atoms with Crippen LogP contribution in [0.3, 0.4) is 0 Å². The second-order valence-corrected chi connectivity index (χ2v) is 7.07. The molecule has 0 heterocycles. The Morgan fingerprint density at radius 2 is 2.00 bits per heavy atom. The Balaban J connectivity index is 1.81. The van der Waals surface area contributed by atoms with Crippen LogP contribution in [0.15, 0.2) is 0 Å². The van der Waals surface area contributed by atoms with Crippen LogP contribution in [0.5, 0.6) is 0 Å². The van der Waals surface area contributed by atoms with Gasteiger partial charge in [0, 0.05) is 19.1 Å². The van der Waals surface area contributed by atoms with Gasteiger partial charge in [0.1, 0.15) is 0 Å². The molecule has 2 saturated carbocycles. The van der Waals surface area contributed by atoms with E-state index in [0.29, 0.717) is 25.0 Å². The number of nitrogens with one attached hydrogen (secondary N) is 1. The van der Waals surface area contributed by atoms with Gasteiger partial charge in [-0.25, -0.2) is 8.42 Å². The molecule has 0 unspecified atom stereocenters. The molecule has 0 aromatic rings. The molecule has 2 aliphatic carbocycles. The summed E-state index contributed by atoms with van der Waals surface area (Å²) in [5.74, 6) is 3.15. The molecule has 1 N–H and O–H groups in total. The maximum Gasteiger partial charge on any atom is 0.216 e. The van der Waals surface area contributed by atoms with Gasteiger partial charge in [0.25, 0.3) is 0 Å². The number of hydrogen-bond acceptors (Lipinski definition) is 3. The Morgan fingerprint density at radius 1 is 1.29 bits per heavy atom. The van der Waals surface area contributed by atoms with Crippen molar-refractivity contribution in [1.29, 1.82) is 0 Å². The van der Waals surface area contributed by atoms with Crippen LogP contribution in [-0.2, 0) is 10.0 Å². The molecule has 0 saturated heterocycles. The molecule has 0 amide bonds. The Morgan fingerprint density at radius 3 is 2.53 bits per heavy atom. The van der Waals surface area contributed by atoms with E-state index in [4.69, 9.17) is 6.42 Å². The van der Waals surface area contributed by atoms with Gasteiger partial charge in [-0.1, -0.05) is 5.92 Å². The lowest BCUT2D eigenvalue weighted by molar-refractivity contribution is 0.429. The first-order chi connectivity index (χ1) is 8.12. The Kier molecular flexibility index (Phi) is 4.08. The van der Waals surface area contributed by atoms with Crippen LogP contribution < -0.4 is 5.32 Å². The highest BCUT2D eigenvalue weighted by Gasteiger charge is 2.30. The second-order valence-electron chi connectivity index (χ2n) is 4.98. The molecule has 5 heteroatoms. The van der Waals surface area contributed by atoms with Gasteiger partial charge in [-0.15, -0.1) is 6.42 Å². The molecule has 0 bridgehead atoms. The molecule has 96 valence electrons. The molecule has 4 nitrogen and oxygen atoms in total. The van der Waals surface area contributed by atoms with Gasteiger partial charge in [0.15, 0.2) is 0 Å². The van der Waals surface area contributed by atoms with Crippen LogP contribution in [0.1, 0.15) is 25.7 Å². The zero-order valence-electron chi connectivity index (χ0n) is 10.1. The molecule has 0 spiro atoms. The summed E-state index contributed by atoms with van der Waals surface area (Å²) >= 11 is 0. The van der Waals surface area contributed by atoms with Gasteiger partial charge < -0.3 is 5.32 Å². The first kappa shape index (κ1) is 12.9. The van der Waals surface area contributed by atoms with E-state index in [1.807, 2.05) is 0 Å². The fraction of sp³-hybridized carbons (Fsp3) is 0.833. The van der Waals surface area contributed by atoms with Crippen molar-refractivity contribution in [2.24, 2.45) is 5.92 Å². The normalized spacial score (nSPS) is 20.5. The van der Waals surface area contributed by atoms with Crippen LogP contribution in [0, 0.1) is 18.3 Å². The van der Waals surface area contributed by atoms with E-state index in [9.17, 15) is 8.42 Å². The van der Waals surface area contributed by atoms with Crippen molar-refractivity contribution in [3.63, 3.8) is 0 Å². The van der Waals surface area contributed by atoms with Crippen LogP contribution in [0.4, 0.5) is 0 Å². The molecule has 2 rings (SSSR count). The fourth-order valence-electron chi connectivity index (χ4n) is 1.78. The maximum absolute atomic E-state index is 12.1. The molecule has 2 fully saturated rings. The lowest BCUT2D eigenvalue weighted by atomic mass is 10.4. The number of rotatable bonds is 8. The van der Waals surface area contributed by atoms with Crippen molar-refractivity contribution in [3.05, 3.63) is 0 Å². The molecule has 0 aromatic carbocycles. The predicted octanol–water partition coefficient (Wildman–Crippen LogP) is 0.413. The summed E-state index contributed by atoms with van der Waals surface area (Å²) in [6, 6.07) is 0.551. The summed E-state index contributed by atoms with van der Waals surface area (Å²) in [4.78, 5) is 0. The van der Waals surface area contributed by atoms with E-state index in [0.717, 1.165) is 12.8 Å². The highest BCUT2D eigenvalue weighted by Crippen LogP contribution is 2.30. The molecule has 0 aliphatic heterocycles. The lowest BCUT2D eigenvalue weighted by Gasteiger charge is -2.19. The maximum atomic E-state index is 12.1. The van der Waals surface area contributed by atoms with Crippen molar-refractivity contribution < 1.29 is 8.42 Å². The summed E-state index contributed by atoms with van der Waals surface area (Å²) in [6.45, 7) is 1.36. The van der Waals surface area contributed by atoms with E-state index in [1.54, 1.807) is 0 Å². The minimum Gasteiger partial charge on any atom is -0.313 e. The largest absolute Gasteiger partial charge is 0.313 e. The summed E-state index contributed by atoms with van der Waals surface area (Å²) in [5.41, 5.74) is 0. The Hall–Kier alpha value is -0.570. The standard InChI is InChI=1S/C12H20N2O2S/c1-2-8-14(10-11-3-4-11)17(15,16)9-7-13-12-5-6-12/h1,11-13H,3-10H2. The van der Waals surface area contributed by atoms with E-state index < -0.39 is 10.0 Å². The van der Waals surface area contributed by atoms with Gasteiger partial charge in [0.2, 0.25) is 10.0 Å². The van der Waals surface area contributed by atoms with E-state index in [1.165, 1.54) is 17.1 Å². The van der Waals surface area contributed by atoms with Crippen LogP contribution in [0.2, 0.25) is 0 Å². The lowest BCUT2D eigenvalue weighted by Crippen LogP contribution is -2.38. The van der Waals surface area contributed by atoms with E-state index in [-0.39, 0.29) is 12.3 Å². The minimum atomic E-state index is -3.18. The molecule has 0 atom stereocenters. The molecule has 2 aliphatic rings. The van der Waals surface area contributed by atoms with Gasteiger partial charge in [-0.05, 0) is 31.6 Å². The van der Waals surface area contributed by atoms with Gasteiger partial charge in [0.05, 0.1) is 12.3 Å². The van der Waals surface area contributed by atoms with Gasteiger partial charge in [-0.2, -0.15) is 4.31 Å². The van der Waals surface area contributed by atoms with E-state index >= 15 is 0 Å². The van der Waals surface area contributed by atoms with Crippen molar-refractivity contribution in [2.75, 3.05) is 25.4 Å². The monoisotopic (exact) mass is 256 g/mol. The van der Waals surface area contributed by atoms with Crippen molar-refractivity contribution >= 4 is 10.0 Å². The van der Waals surface area contributed by atoms with Crippen LogP contribution >= 0.6 is 0 Å². The van der Waals surface area contributed by atoms with Crippen LogP contribution in [-0.4, -0.2) is 44.2 Å². The summed E-state index contributed by atoms with van der Waals surface area (Å²) < 4.78 is 25.6. The van der Waals surface area contributed by atoms with Gasteiger partial charge in [-0.3, -0.25) is 0 Å². The minimum absolute atomic E-state index is 0.165. The molecular formula is C12H20N2O2S. The van der Waals surface area contributed by atoms with Gasteiger partial charge >= 0.3 is 0 Å². The number of hydrogen-bond donors (Lipinski definition) is 1. The third-order valence-corrected chi connectivity index (χ3v) is 4.98. The van der Waals surface area contributed by atoms with E-state index in [2.05, 4.69) is 11.2 Å². The van der Waals surface area contributed by atoms with Crippen molar-refractivity contribution in [2.45, 2.75) is 31.7 Å². The molecule has 0 radical (unpaired) electrons. The summed E-state index contributed by atoms with van der Waals surface area (Å²) in [7, 11) is -3.18. The summed E-state index contributed by atoms with van der Waals surface area (Å²) in [6.07, 6.45) is 9.86. The average Bonchev–Trinajstić information content (AvgIpc) is 3.11. The Bertz CT molecular complexity index is 391. The first-order valence-corrected chi connectivity index (χ1v) is 7.87. The van der Waals surface area contributed by atoms with Crippen molar-refractivity contribution in [1.82, 2.24) is 9.62 Å². The zero-order chi connectivity index (χ0) is 12.3. The Labute approximate surface area is 104 Å². The zero-order valence-corrected chi connectivity index (χ0v) is 10.9. The van der Waals surface area contributed by atoms with Crippen LogP contribution in [0.25, 0.3) is 0 Å². The molecular weight excluding hydrogens is 236 g/mol. The molecule has 17 heavy (non-hydrogen) atoms. The second kappa shape index (κ2) is 5.38. The predicted molar refractivity (Wildman–Crippen MR) is 67.9 cm³/mol. The topological polar surface area (TPSA) is 49.4 Å². The number of terminal acetylenes is 1. The highest BCUT2D eigenvalue weighted by atomic mass is 32.2. The quantitative estimate of drug-likeness (QED) is 0.640. The smallest absolute Gasteiger partial charge is 0.216 e. The third kappa shape index (κ3) is 4.30. The number of sulfonamides is 1. The highest BCUT2D eigenvalue weighted by molar-refractivity contribution is 7.89. The number of nitrogens with zero attached hydrogens (tertiary/aromatic N) is 1. The average molecular weight is 256 g/mol. The SMILES string of the molecule is C#CCN(CC1CC1)S(=O)(=O)CCNC1CC1. The summed E-state index contributed by atoms with van der Waals surface area (Å²) in [5, 5.41) is 3.22. The first-order valence-electron chi connectivity index (χ1n) is 6.26. The van der Waals surface area contributed by atoms with Crippen molar-refractivity contribution in [3.8, 4) is 12.3 Å². The third-order valence-electron chi connectivity index (χ3n) is 3.19. The fourth-order valence-corrected chi connectivity index (χ4v) is 3.12. The molecule has 0 aromatic heterocycles.